The van der Waals surface area contributed by atoms with E-state index in [0.29, 0.717) is 29.7 Å². The minimum absolute atomic E-state index is 0.00657. The molecular formula is C30H30N10O4S. The number of anilines is 2. The first-order valence-electron chi connectivity index (χ1n) is 14.5. The number of carbonyl (C=O) groups excluding carboxylic acids is 2. The van der Waals surface area contributed by atoms with E-state index in [1.165, 1.54) is 22.3 Å². The van der Waals surface area contributed by atoms with Gasteiger partial charge in [-0.05, 0) is 31.7 Å². The predicted octanol–water partition coefficient (Wildman–Crippen LogP) is 3.37. The predicted molar refractivity (Wildman–Crippen MR) is 165 cm³/mol. The Kier molecular flexibility index (Phi) is 6.84. The minimum atomic E-state index is -3.80. The van der Waals surface area contributed by atoms with Crippen molar-refractivity contribution in [1.29, 1.82) is 0 Å². The summed E-state index contributed by atoms with van der Waals surface area (Å²) in [7, 11) is -3.80. The van der Waals surface area contributed by atoms with E-state index in [1.807, 2.05) is 42.5 Å². The molecule has 15 heteroatoms. The number of carbonyl (C=O) groups is 2. The number of fused-ring (bicyclic) bond motifs is 3. The molecule has 5 aromatic rings. The number of benzene rings is 1. The summed E-state index contributed by atoms with van der Waals surface area (Å²) in [5.74, 6) is -0.602. The van der Waals surface area contributed by atoms with Gasteiger partial charge in [-0.25, -0.2) is 22.8 Å². The van der Waals surface area contributed by atoms with E-state index in [2.05, 4.69) is 25.6 Å². The Morgan fingerprint density at radius 2 is 1.73 bits per heavy atom. The fourth-order valence-corrected chi connectivity index (χ4v) is 7.72. The van der Waals surface area contributed by atoms with Crippen LogP contribution in [0.15, 0.2) is 66.1 Å². The van der Waals surface area contributed by atoms with Crippen LogP contribution in [0.25, 0.3) is 28.0 Å². The van der Waals surface area contributed by atoms with Gasteiger partial charge in [0.2, 0.25) is 11.9 Å². The SMILES string of the molecule is CC(=O)Nc1nncn1C(=O)N1[C@@H]2CC[C@H]1CC(c1nc3c(-c4ccc(-c5ccccc5)nc4)cnn3c(N)c1S(C)(=O)=O)C2. The van der Waals surface area contributed by atoms with Gasteiger partial charge in [-0.15, -0.1) is 10.2 Å². The van der Waals surface area contributed by atoms with E-state index in [0.717, 1.165) is 35.9 Å². The topological polar surface area (TPSA) is 183 Å². The molecule has 2 aliphatic heterocycles. The number of nitrogen functional groups attached to an aromatic ring is 1. The van der Waals surface area contributed by atoms with Gasteiger partial charge in [0, 0.05) is 54.1 Å². The number of piperidine rings is 1. The molecule has 1 aromatic carbocycles. The number of hydrogen-bond donors (Lipinski definition) is 2. The average molecular weight is 627 g/mol. The first kappa shape index (κ1) is 28.6. The molecular weight excluding hydrogens is 596 g/mol. The standard InChI is InChI=1S/C30H30N10O4S/c1-17(41)35-29-37-33-16-38(29)30(42)39-21-9-10-22(39)13-20(12-21)25-26(45(2,43)44)27(31)40-28(36-25)23(15-34-40)19-8-11-24(32-14-19)18-6-4-3-5-7-18/h3-8,11,14-16,20-22H,9-10,12-13,31H2,1-2H3,(H,35,37,41)/t20?,21-,22+. The molecule has 3 N–H and O–H groups in total. The van der Waals surface area contributed by atoms with Gasteiger partial charge in [0.1, 0.15) is 17.0 Å². The van der Waals surface area contributed by atoms with Crippen LogP contribution in [0, 0.1) is 0 Å². The quantitative estimate of drug-likeness (QED) is 0.293. The minimum Gasteiger partial charge on any atom is -0.382 e. The lowest BCUT2D eigenvalue weighted by Crippen LogP contribution is -2.48. The number of rotatable bonds is 5. The Morgan fingerprint density at radius 3 is 2.38 bits per heavy atom. The van der Waals surface area contributed by atoms with Crippen LogP contribution in [0.5, 0.6) is 0 Å². The van der Waals surface area contributed by atoms with E-state index >= 15 is 0 Å². The van der Waals surface area contributed by atoms with Gasteiger partial charge in [0.15, 0.2) is 15.5 Å². The molecule has 0 radical (unpaired) electrons. The molecule has 3 atom stereocenters. The number of nitrogens with zero attached hydrogens (tertiary/aromatic N) is 8. The van der Waals surface area contributed by atoms with Crippen molar-refractivity contribution in [3.05, 3.63) is 66.9 Å². The van der Waals surface area contributed by atoms with Crippen molar-refractivity contribution in [2.75, 3.05) is 17.3 Å². The molecule has 45 heavy (non-hydrogen) atoms. The van der Waals surface area contributed by atoms with E-state index in [4.69, 9.17) is 10.7 Å². The second-order valence-electron chi connectivity index (χ2n) is 11.5. The molecule has 2 bridgehead atoms. The fourth-order valence-electron chi connectivity index (χ4n) is 6.67. The second-order valence-corrected chi connectivity index (χ2v) is 13.5. The van der Waals surface area contributed by atoms with Crippen LogP contribution in [0.2, 0.25) is 0 Å². The van der Waals surface area contributed by atoms with Gasteiger partial charge in [0.25, 0.3) is 0 Å². The van der Waals surface area contributed by atoms with Crippen molar-refractivity contribution in [3.63, 3.8) is 0 Å². The summed E-state index contributed by atoms with van der Waals surface area (Å²) in [6.45, 7) is 1.33. The molecule has 14 nitrogen and oxygen atoms in total. The van der Waals surface area contributed by atoms with E-state index < -0.39 is 9.84 Å². The first-order valence-corrected chi connectivity index (χ1v) is 16.4. The van der Waals surface area contributed by atoms with Crippen molar-refractivity contribution >= 4 is 39.2 Å². The number of pyridine rings is 1. The highest BCUT2D eigenvalue weighted by Crippen LogP contribution is 2.45. The molecule has 0 spiro atoms. The monoisotopic (exact) mass is 626 g/mol. The third-order valence-electron chi connectivity index (χ3n) is 8.56. The number of aromatic nitrogens is 7. The number of nitrogens with one attached hydrogen (secondary N) is 1. The van der Waals surface area contributed by atoms with Gasteiger partial charge in [-0.2, -0.15) is 9.61 Å². The molecule has 2 saturated heterocycles. The molecule has 0 aliphatic carbocycles. The molecule has 1 unspecified atom stereocenters. The Morgan fingerprint density at radius 1 is 1.00 bits per heavy atom. The molecule has 7 rings (SSSR count). The maximum atomic E-state index is 13.6. The van der Waals surface area contributed by atoms with Gasteiger partial charge < -0.3 is 10.6 Å². The fraction of sp³-hybridized carbons (Fsp3) is 0.300. The summed E-state index contributed by atoms with van der Waals surface area (Å²) in [6.07, 6.45) is 8.22. The maximum Gasteiger partial charge on any atom is 0.332 e. The van der Waals surface area contributed by atoms with Crippen LogP contribution in [0.3, 0.4) is 0 Å². The molecule has 230 valence electrons. The summed E-state index contributed by atoms with van der Waals surface area (Å²) in [5, 5.41) is 14.6. The van der Waals surface area contributed by atoms with E-state index in [1.54, 1.807) is 17.3 Å². The van der Waals surface area contributed by atoms with Crippen LogP contribution in [-0.2, 0) is 14.6 Å². The third kappa shape index (κ3) is 4.98. The summed E-state index contributed by atoms with van der Waals surface area (Å²) in [4.78, 5) is 36.5. The zero-order chi connectivity index (χ0) is 31.5. The van der Waals surface area contributed by atoms with Crippen LogP contribution in [-0.4, -0.2) is 77.9 Å². The van der Waals surface area contributed by atoms with Gasteiger partial charge in [-0.1, -0.05) is 36.4 Å². The highest BCUT2D eigenvalue weighted by molar-refractivity contribution is 7.91. The highest BCUT2D eigenvalue weighted by Gasteiger charge is 2.46. The number of nitrogens with two attached hydrogens (primary N) is 1. The highest BCUT2D eigenvalue weighted by atomic mass is 32.2. The Balaban J connectivity index is 1.25. The number of amides is 2. The summed E-state index contributed by atoms with van der Waals surface area (Å²) < 4.78 is 28.9. The molecule has 2 fully saturated rings. The van der Waals surface area contributed by atoms with Crippen molar-refractivity contribution in [3.8, 4) is 22.4 Å². The molecule has 0 saturated carbocycles. The Labute approximate surface area is 258 Å². The molecule has 6 heterocycles. The van der Waals surface area contributed by atoms with Crippen molar-refractivity contribution in [2.24, 2.45) is 0 Å². The van der Waals surface area contributed by atoms with E-state index in [-0.39, 0.29) is 46.6 Å². The van der Waals surface area contributed by atoms with Crippen LogP contribution in [0.4, 0.5) is 16.6 Å². The third-order valence-corrected chi connectivity index (χ3v) is 9.72. The summed E-state index contributed by atoms with van der Waals surface area (Å²) in [5.41, 5.74) is 10.6. The van der Waals surface area contributed by atoms with Crippen LogP contribution in [0.1, 0.15) is 44.2 Å². The number of hydrogen-bond acceptors (Lipinski definition) is 10. The summed E-state index contributed by atoms with van der Waals surface area (Å²) in [6, 6.07) is 13.0. The maximum absolute atomic E-state index is 13.6. The summed E-state index contributed by atoms with van der Waals surface area (Å²) >= 11 is 0. The van der Waals surface area contributed by atoms with Crippen molar-refractivity contribution in [2.45, 2.75) is 55.5 Å². The van der Waals surface area contributed by atoms with Gasteiger partial charge >= 0.3 is 6.03 Å². The normalized spacial score (nSPS) is 19.6. The lowest BCUT2D eigenvalue weighted by Gasteiger charge is -2.39. The van der Waals surface area contributed by atoms with Gasteiger partial charge in [-0.3, -0.25) is 15.1 Å². The molecule has 4 aromatic heterocycles. The lowest BCUT2D eigenvalue weighted by molar-refractivity contribution is -0.114. The van der Waals surface area contributed by atoms with E-state index in [9.17, 15) is 18.0 Å². The zero-order valence-electron chi connectivity index (χ0n) is 24.5. The average Bonchev–Trinajstić information content (AvgIpc) is 3.72. The number of sulfone groups is 1. The Hall–Kier alpha value is -5.18. The zero-order valence-corrected chi connectivity index (χ0v) is 25.3. The molecule has 2 amide bonds. The first-order chi connectivity index (χ1) is 21.6. The van der Waals surface area contributed by atoms with Crippen LogP contribution < -0.4 is 11.1 Å². The molecule has 2 aliphatic rings. The van der Waals surface area contributed by atoms with Gasteiger partial charge in [0.05, 0.1) is 17.6 Å². The Bertz CT molecular complexity index is 2040. The van der Waals surface area contributed by atoms with Crippen LogP contribution >= 0.6 is 0 Å². The lowest BCUT2D eigenvalue weighted by atomic mass is 9.88. The van der Waals surface area contributed by atoms with Crippen molar-refractivity contribution < 1.29 is 18.0 Å². The smallest absolute Gasteiger partial charge is 0.332 e. The van der Waals surface area contributed by atoms with Crippen molar-refractivity contribution in [1.82, 2.24) is 39.2 Å². The largest absolute Gasteiger partial charge is 0.382 e. The second kappa shape index (κ2) is 10.8.